The van der Waals surface area contributed by atoms with Gasteiger partial charge in [0.2, 0.25) is 12.2 Å². The molecule has 3 aliphatic rings. The van der Waals surface area contributed by atoms with Crippen molar-refractivity contribution >= 4 is 190 Å². The van der Waals surface area contributed by atoms with E-state index in [0.29, 0.717) is 11.4 Å². The number of amides is 4. The van der Waals surface area contributed by atoms with Gasteiger partial charge in [-0.3, -0.25) is 0 Å². The number of urea groups is 2. The highest BCUT2D eigenvalue weighted by atomic mass is 127. The topological polar surface area (TPSA) is 275 Å². The number of halogens is 7. The molecule has 13 aromatic rings. The zero-order valence-electron chi connectivity index (χ0n) is 86.8. The highest BCUT2D eigenvalue weighted by molar-refractivity contribution is 14.1. The first kappa shape index (κ1) is 133. The zero-order chi connectivity index (χ0) is 111. The summed E-state index contributed by atoms with van der Waals surface area (Å²) in [6, 6.07) is 70.8. The molecule has 0 bridgehead atoms. The summed E-state index contributed by atoms with van der Waals surface area (Å²) in [5.41, 5.74) is 23.4. The summed E-state index contributed by atoms with van der Waals surface area (Å²) in [4.78, 5) is 50.7. The minimum absolute atomic E-state index is 0. The summed E-state index contributed by atoms with van der Waals surface area (Å²) >= 11 is 4.58. The van der Waals surface area contributed by atoms with E-state index in [9.17, 15) is 41.1 Å². The molecule has 0 aromatic heterocycles. The molecule has 3 heterocycles. The third kappa shape index (κ3) is 41.4. The highest BCUT2D eigenvalue weighted by Crippen LogP contribution is 2.44. The van der Waals surface area contributed by atoms with Crippen molar-refractivity contribution in [2.45, 2.75) is 194 Å². The zero-order valence-corrected chi connectivity index (χ0v) is 91.1. The second-order valence-corrected chi connectivity index (χ2v) is 37.1. The maximum Gasteiger partial charge on any atom is 0.495 e. The highest BCUT2D eigenvalue weighted by Gasteiger charge is 2.64. The van der Waals surface area contributed by atoms with E-state index in [1.807, 2.05) is 251 Å². The van der Waals surface area contributed by atoms with Gasteiger partial charge in [0.1, 0.15) is 40.5 Å². The van der Waals surface area contributed by atoms with Crippen LogP contribution in [0, 0.1) is 181 Å². The second kappa shape index (κ2) is 65.4. The number of rotatable bonds is 8. The van der Waals surface area contributed by atoms with Crippen LogP contribution in [0.5, 0.6) is 0 Å². The summed E-state index contributed by atoms with van der Waals surface area (Å²) in [6.07, 6.45) is 37.3. The standard InChI is InChI=1S/C24H26BFN2O3.C18H14FIN2O.C12H24B2O4.C10H8IN.C10H9N.2C8H6FNO.C7H8FN.C6H2.C5H4.C4H6.C3H4.2C2H2.2CH4/c1-15-10-12-19(26)21(14-15)28-22(29)27-20-13-11-18(16-8-6-7-9-17(16)20)25-30-23(2,3)24(4,5)31-25;1-11-6-7-14(19)17(10-11)22-18(23)21-16-9-8-15(20)12-4-2-3-5-13(12)16;1-9(2)10(3,4)16-13(15-9)14-17-11(5,6)12(7,8)18-14;11-9-5-6-10(12)8-4-2-1-3-7(8)9;11-10-7-3-5-8-4-1-2-6-9(8)10;2*1-6-2-3-7(9)8(4-6)10-5-11;1-5-2-3-6(8)7(9)4-5;1-3-5-6-4-2;1-3-5-4-2;1-3-4-2;1-3-2;2*1-2;;/h6-14H,1-5H3,(H2,27,28,29);2-10H,1H3,(H2,21,22,23);1-8H3;1-6H,12H2;1-7H,11H2;2*2-4H,1H3;2-4H,9H2,1H3;1-2H;1H,2H3;1-2H3;1H,2H3;2*1-2H;2*1H4. The molecule has 0 saturated carbocycles. The number of hydrogen-bond acceptors (Lipinski definition) is 15. The van der Waals surface area contributed by atoms with E-state index < -0.39 is 67.7 Å². The predicted molar refractivity (Wildman–Crippen MR) is 633 cm³/mol. The summed E-state index contributed by atoms with van der Waals surface area (Å²) in [5.74, 6) is 21.0. The number of nitrogens with two attached hydrogens (primary N) is 3. The Labute approximate surface area is 912 Å². The van der Waals surface area contributed by atoms with Crippen LogP contribution in [-0.4, -0.2) is 79.0 Å². The van der Waals surface area contributed by atoms with Crippen molar-refractivity contribution in [3.63, 3.8) is 0 Å². The molecule has 150 heavy (non-hydrogen) atoms. The monoisotopic (exact) mass is 2250 g/mol. The number of hydrogen-bond donors (Lipinski definition) is 7. The lowest BCUT2D eigenvalue weighted by molar-refractivity contribution is 0.00578. The molecule has 3 aliphatic heterocycles. The van der Waals surface area contributed by atoms with E-state index in [-0.39, 0.29) is 71.5 Å². The molecule has 3 saturated heterocycles. The van der Waals surface area contributed by atoms with E-state index in [1.165, 1.54) is 69.0 Å². The smallest absolute Gasteiger partial charge is 0.405 e. The predicted octanol–water partition coefficient (Wildman–Crippen LogP) is 28.7. The van der Waals surface area contributed by atoms with E-state index in [2.05, 4.69) is 186 Å². The molecule has 29 heteroatoms. The first-order chi connectivity index (χ1) is 70.0. The number of isocyanates is 2. The van der Waals surface area contributed by atoms with Gasteiger partial charge in [0, 0.05) is 40.1 Å². The van der Waals surface area contributed by atoms with E-state index >= 15 is 0 Å². The third-order valence-corrected chi connectivity index (χ3v) is 24.3. The molecule has 0 atom stereocenters. The lowest BCUT2D eigenvalue weighted by atomic mass is 9.49. The van der Waals surface area contributed by atoms with Gasteiger partial charge in [-0.15, -0.1) is 69.1 Å². The number of terminal acetylenes is 6. The number of carbonyl (C=O) groups is 2. The number of fused-ring (bicyclic) bond motifs is 4. The summed E-state index contributed by atoms with van der Waals surface area (Å²) < 4.78 is 104. The maximum atomic E-state index is 14.0. The first-order valence-corrected chi connectivity index (χ1v) is 47.6. The van der Waals surface area contributed by atoms with Crippen molar-refractivity contribution in [1.82, 2.24) is 0 Å². The van der Waals surface area contributed by atoms with Crippen LogP contribution in [0.2, 0.25) is 0 Å². The fourth-order valence-electron chi connectivity index (χ4n) is 12.9. The molecule has 19 nitrogen and oxygen atoms in total. The Kier molecular flexibility index (Phi) is 57.9. The largest absolute Gasteiger partial charge is 0.495 e. The Bertz CT molecular complexity index is 7040. The van der Waals surface area contributed by atoms with Gasteiger partial charge in [0.15, 0.2) is 0 Å². The molecule has 0 unspecified atom stereocenters. The van der Waals surface area contributed by atoms with Gasteiger partial charge >= 0.3 is 33.2 Å². The van der Waals surface area contributed by atoms with Gasteiger partial charge in [0.25, 0.3) is 0 Å². The average molecular weight is 2250 g/mol. The van der Waals surface area contributed by atoms with Gasteiger partial charge in [-0.05, 0) is 378 Å². The Hall–Kier alpha value is -15.3. The van der Waals surface area contributed by atoms with Gasteiger partial charge in [0.05, 0.1) is 62.0 Å². The summed E-state index contributed by atoms with van der Waals surface area (Å²) in [5, 5.41) is 19.2. The Morgan fingerprint density at radius 1 is 0.333 bits per heavy atom. The van der Waals surface area contributed by atoms with Gasteiger partial charge in [-0.2, -0.15) is 9.98 Å². The second-order valence-electron chi connectivity index (χ2n) is 34.8. The quantitative estimate of drug-likeness (QED) is 0.0142. The van der Waals surface area contributed by atoms with Crippen LogP contribution in [0.15, 0.2) is 253 Å². The maximum absolute atomic E-state index is 14.0. The van der Waals surface area contributed by atoms with E-state index in [4.69, 9.17) is 64.4 Å². The number of carbonyl (C=O) groups excluding carboxylic acids is 4. The van der Waals surface area contributed by atoms with Crippen LogP contribution >= 0.6 is 45.2 Å². The number of nitrogen functional groups attached to an aromatic ring is 3. The third-order valence-electron chi connectivity index (χ3n) is 22.4. The number of nitrogens with one attached hydrogen (secondary N) is 4. The molecule has 10 N–H and O–H groups in total. The minimum atomic E-state index is -0.516. The molecule has 0 spiro atoms. The molecule has 0 aliphatic carbocycles. The van der Waals surface area contributed by atoms with Crippen molar-refractivity contribution < 1.29 is 69.1 Å². The van der Waals surface area contributed by atoms with Crippen molar-refractivity contribution in [2.75, 3.05) is 38.5 Å². The van der Waals surface area contributed by atoms with E-state index in [0.717, 1.165) is 80.5 Å². The first-order valence-electron chi connectivity index (χ1n) is 45.5. The molecule has 3 fully saturated rings. The SMILES string of the molecule is C.C.C#C.C#C.C#CC.C#CC#CC.C#CC#CC#C.CC#CC.CC1(C)OB(B2OC(C)(C)C(C)(C)O2)OC1(C)C.Cc1ccc(F)c(N)c1.Cc1ccc(F)c(N=C=O)c1.Cc1ccc(F)c(N=C=O)c1.Cc1ccc(F)c(NC(=O)Nc2ccc(B3OC(C)(C)C(C)(C)O3)c3ccccc23)c1.Cc1ccc(F)c(NC(=O)Nc2ccc(I)c3ccccc23)c1.Nc1ccc(I)c2ccccc12.Nc1cccc2ccccc12. The molecular weight excluding hydrogens is 2120 g/mol. The number of nitrogens with zero attached hydrogens (tertiary/aromatic N) is 2. The molecule has 16 rings (SSSR count). The van der Waals surface area contributed by atoms with Crippen molar-refractivity contribution in [3.05, 3.63) is 307 Å². The molecule has 4 amide bonds. The molecular formula is C121H129B3F5I2N9O10. The fraction of sp³-hybridized carbons (Fsp3) is 0.240. The Morgan fingerprint density at radius 3 is 0.987 bits per heavy atom. The van der Waals surface area contributed by atoms with Crippen LogP contribution in [0.3, 0.4) is 0 Å². The van der Waals surface area contributed by atoms with Gasteiger partial charge < -0.3 is 66.4 Å². The fourth-order valence-corrected chi connectivity index (χ4v) is 14.2. The van der Waals surface area contributed by atoms with Crippen LogP contribution in [0.4, 0.5) is 82.7 Å². The van der Waals surface area contributed by atoms with Gasteiger partial charge in [-0.1, -0.05) is 166 Å². The van der Waals surface area contributed by atoms with Crippen molar-refractivity contribution in [1.29, 1.82) is 0 Å². The Balaban J connectivity index is 0.000000854. The van der Waals surface area contributed by atoms with E-state index in [1.54, 1.807) is 76.2 Å². The van der Waals surface area contributed by atoms with Crippen LogP contribution in [0.1, 0.15) is 153 Å². The number of aryl methyl sites for hydroxylation is 5. The average Bonchev–Trinajstić information content (AvgIpc) is 1.60. The van der Waals surface area contributed by atoms with Gasteiger partial charge in [-0.25, -0.2) is 41.1 Å². The normalized spacial score (nSPS) is 12.8. The molecule has 0 radical (unpaired) electrons. The lowest BCUT2D eigenvalue weighted by Crippen LogP contribution is -2.41. The Morgan fingerprint density at radius 2 is 0.633 bits per heavy atom. The molecule has 13 aromatic carbocycles. The number of benzene rings is 13. The number of aliphatic imine (C=N–C) groups is 2. The van der Waals surface area contributed by atoms with Crippen molar-refractivity contribution in [2.24, 2.45) is 9.98 Å². The van der Waals surface area contributed by atoms with Crippen molar-refractivity contribution in [3.8, 4) is 111 Å². The lowest BCUT2D eigenvalue weighted by Gasteiger charge is -2.32. The van der Waals surface area contributed by atoms with Crippen LogP contribution < -0.4 is 43.9 Å². The minimum Gasteiger partial charge on any atom is -0.405 e. The molecule has 776 valence electrons. The van der Waals surface area contributed by atoms with Crippen LogP contribution in [-0.2, 0) is 37.5 Å². The summed E-state index contributed by atoms with van der Waals surface area (Å²) in [6.45, 7) is 40.4. The number of anilines is 7. The summed E-state index contributed by atoms with van der Waals surface area (Å²) in [7, 11) is -1.47. The van der Waals surface area contributed by atoms with Crippen LogP contribution in [0.25, 0.3) is 43.1 Å².